The monoisotopic (exact) mass is 243 g/mol. The minimum atomic E-state index is -0.528. The summed E-state index contributed by atoms with van der Waals surface area (Å²) in [7, 11) is 0. The summed E-state index contributed by atoms with van der Waals surface area (Å²) in [4.78, 5) is 10.9. The molecule has 0 fully saturated rings. The van der Waals surface area contributed by atoms with Gasteiger partial charge >= 0.3 is 0 Å². The van der Waals surface area contributed by atoms with Gasteiger partial charge in [-0.25, -0.2) is 0 Å². The molecule has 2 rings (SSSR count). The molecule has 0 aliphatic carbocycles. The standard InChI is InChI=1S/C15H17NO2/c1-11(15(16)17)18-10-9-13-7-4-6-12-5-2-3-8-14(12)13/h2-8,11H,9-10H2,1H3,(H2,16,17). The lowest BCUT2D eigenvalue weighted by molar-refractivity contribution is -0.128. The Hall–Kier alpha value is -1.87. The highest BCUT2D eigenvalue weighted by atomic mass is 16.5. The lowest BCUT2D eigenvalue weighted by Gasteiger charge is -2.10. The van der Waals surface area contributed by atoms with Crippen LogP contribution in [-0.2, 0) is 16.0 Å². The Balaban J connectivity index is 2.06. The van der Waals surface area contributed by atoms with Crippen molar-refractivity contribution in [2.75, 3.05) is 6.61 Å². The molecular formula is C15H17NO2. The molecule has 2 N–H and O–H groups in total. The van der Waals surface area contributed by atoms with E-state index in [0.29, 0.717) is 6.61 Å². The fraction of sp³-hybridized carbons (Fsp3) is 0.267. The third-order valence-corrected chi connectivity index (χ3v) is 3.02. The van der Waals surface area contributed by atoms with Crippen LogP contribution in [0, 0.1) is 0 Å². The Morgan fingerprint density at radius 3 is 2.72 bits per heavy atom. The van der Waals surface area contributed by atoms with Crippen LogP contribution in [0.5, 0.6) is 0 Å². The second-order valence-corrected chi connectivity index (χ2v) is 4.30. The smallest absolute Gasteiger partial charge is 0.246 e. The Morgan fingerprint density at radius 1 is 1.22 bits per heavy atom. The number of carbonyl (C=O) groups is 1. The van der Waals surface area contributed by atoms with E-state index in [1.165, 1.54) is 16.3 Å². The van der Waals surface area contributed by atoms with Crippen molar-refractivity contribution < 1.29 is 9.53 Å². The van der Waals surface area contributed by atoms with E-state index >= 15 is 0 Å². The van der Waals surface area contributed by atoms with Gasteiger partial charge in [-0.15, -0.1) is 0 Å². The zero-order chi connectivity index (χ0) is 13.0. The molecule has 1 atom stereocenters. The molecule has 3 heteroatoms. The van der Waals surface area contributed by atoms with Crippen molar-refractivity contribution in [2.45, 2.75) is 19.4 Å². The number of hydrogen-bond donors (Lipinski definition) is 1. The van der Waals surface area contributed by atoms with Gasteiger partial charge in [0.05, 0.1) is 6.61 Å². The third-order valence-electron chi connectivity index (χ3n) is 3.02. The highest BCUT2D eigenvalue weighted by molar-refractivity contribution is 5.85. The number of fused-ring (bicyclic) bond motifs is 1. The molecule has 0 saturated heterocycles. The minimum Gasteiger partial charge on any atom is -0.368 e. The maximum absolute atomic E-state index is 10.9. The first-order valence-electron chi connectivity index (χ1n) is 6.06. The first kappa shape index (κ1) is 12.6. The molecule has 1 unspecified atom stereocenters. The molecule has 3 nitrogen and oxygen atoms in total. The van der Waals surface area contributed by atoms with E-state index in [1.54, 1.807) is 6.92 Å². The molecule has 2 aromatic carbocycles. The fourth-order valence-corrected chi connectivity index (χ4v) is 1.94. The molecule has 0 aromatic heterocycles. The number of benzene rings is 2. The quantitative estimate of drug-likeness (QED) is 0.875. The van der Waals surface area contributed by atoms with Gasteiger partial charge in [-0.3, -0.25) is 4.79 Å². The van der Waals surface area contributed by atoms with Crippen LogP contribution >= 0.6 is 0 Å². The minimum absolute atomic E-state index is 0.423. The van der Waals surface area contributed by atoms with Crippen LogP contribution in [0.4, 0.5) is 0 Å². The van der Waals surface area contributed by atoms with Crippen LogP contribution in [0.15, 0.2) is 42.5 Å². The maximum Gasteiger partial charge on any atom is 0.246 e. The van der Waals surface area contributed by atoms with Crippen molar-refractivity contribution in [2.24, 2.45) is 5.73 Å². The van der Waals surface area contributed by atoms with Crippen LogP contribution < -0.4 is 5.73 Å². The summed E-state index contributed by atoms with van der Waals surface area (Å²) in [5.74, 6) is -0.423. The van der Waals surface area contributed by atoms with E-state index in [2.05, 4.69) is 24.3 Å². The third kappa shape index (κ3) is 2.87. The van der Waals surface area contributed by atoms with Gasteiger partial charge in [0.1, 0.15) is 6.10 Å². The molecule has 0 saturated carbocycles. The largest absolute Gasteiger partial charge is 0.368 e. The van der Waals surface area contributed by atoms with Crippen molar-refractivity contribution >= 4 is 16.7 Å². The molecule has 0 heterocycles. The number of ether oxygens (including phenoxy) is 1. The number of nitrogens with two attached hydrogens (primary N) is 1. The predicted molar refractivity (Wildman–Crippen MR) is 72.3 cm³/mol. The second kappa shape index (κ2) is 5.65. The van der Waals surface area contributed by atoms with Crippen LogP contribution in [0.2, 0.25) is 0 Å². The van der Waals surface area contributed by atoms with Gasteiger partial charge < -0.3 is 10.5 Å². The van der Waals surface area contributed by atoms with Crippen molar-refractivity contribution in [1.82, 2.24) is 0 Å². The average molecular weight is 243 g/mol. The number of hydrogen-bond acceptors (Lipinski definition) is 2. The first-order chi connectivity index (χ1) is 8.68. The molecule has 94 valence electrons. The number of amides is 1. The van der Waals surface area contributed by atoms with Gasteiger partial charge in [0.2, 0.25) is 5.91 Å². The van der Waals surface area contributed by atoms with Gasteiger partial charge in [0, 0.05) is 0 Å². The fourth-order valence-electron chi connectivity index (χ4n) is 1.94. The summed E-state index contributed by atoms with van der Waals surface area (Å²) in [6.07, 6.45) is 0.249. The van der Waals surface area contributed by atoms with Gasteiger partial charge in [-0.2, -0.15) is 0 Å². The average Bonchev–Trinajstić information content (AvgIpc) is 2.38. The highest BCUT2D eigenvalue weighted by Crippen LogP contribution is 2.18. The van der Waals surface area contributed by atoms with Crippen LogP contribution in [0.25, 0.3) is 10.8 Å². The molecule has 1 amide bonds. The van der Waals surface area contributed by atoms with Crippen LogP contribution in [0.3, 0.4) is 0 Å². The number of primary amides is 1. The SMILES string of the molecule is CC(OCCc1cccc2ccccc12)C(N)=O. The maximum atomic E-state index is 10.9. The summed E-state index contributed by atoms with van der Waals surface area (Å²) >= 11 is 0. The zero-order valence-electron chi connectivity index (χ0n) is 10.4. The van der Waals surface area contributed by atoms with Crippen molar-refractivity contribution in [1.29, 1.82) is 0 Å². The van der Waals surface area contributed by atoms with Crippen LogP contribution in [0.1, 0.15) is 12.5 Å². The lowest BCUT2D eigenvalue weighted by atomic mass is 10.0. The predicted octanol–water partition coefficient (Wildman–Crippen LogP) is 2.27. The molecule has 0 aliphatic rings. The van der Waals surface area contributed by atoms with E-state index < -0.39 is 12.0 Å². The van der Waals surface area contributed by atoms with Gasteiger partial charge in [-0.05, 0) is 29.7 Å². The summed E-state index contributed by atoms with van der Waals surface area (Å²) < 4.78 is 5.38. The van der Waals surface area contributed by atoms with E-state index in [4.69, 9.17) is 10.5 Å². The molecular weight excluding hydrogens is 226 g/mol. The van der Waals surface area contributed by atoms with E-state index in [0.717, 1.165) is 6.42 Å². The Labute approximate surface area is 107 Å². The Morgan fingerprint density at radius 2 is 1.94 bits per heavy atom. The van der Waals surface area contributed by atoms with E-state index in [1.807, 2.05) is 18.2 Å². The van der Waals surface area contributed by atoms with E-state index in [9.17, 15) is 4.79 Å². The van der Waals surface area contributed by atoms with Crippen molar-refractivity contribution in [3.63, 3.8) is 0 Å². The van der Waals surface area contributed by atoms with Crippen LogP contribution in [-0.4, -0.2) is 18.6 Å². The van der Waals surface area contributed by atoms with Crippen molar-refractivity contribution in [3.05, 3.63) is 48.0 Å². The normalized spacial score (nSPS) is 12.5. The van der Waals surface area contributed by atoms with Crippen molar-refractivity contribution in [3.8, 4) is 0 Å². The van der Waals surface area contributed by atoms with E-state index in [-0.39, 0.29) is 0 Å². The summed E-state index contributed by atoms with van der Waals surface area (Å²) in [6.45, 7) is 2.17. The highest BCUT2D eigenvalue weighted by Gasteiger charge is 2.08. The molecule has 2 aromatic rings. The molecule has 0 radical (unpaired) electrons. The van der Waals surface area contributed by atoms with Gasteiger partial charge in [-0.1, -0.05) is 42.5 Å². The van der Waals surface area contributed by atoms with Gasteiger partial charge in [0.15, 0.2) is 0 Å². The second-order valence-electron chi connectivity index (χ2n) is 4.30. The first-order valence-corrected chi connectivity index (χ1v) is 6.06. The zero-order valence-corrected chi connectivity index (χ0v) is 10.4. The Bertz CT molecular complexity index is 546. The number of carbonyl (C=O) groups excluding carboxylic acids is 1. The lowest BCUT2D eigenvalue weighted by Crippen LogP contribution is -2.28. The topological polar surface area (TPSA) is 52.3 Å². The Kier molecular flexibility index (Phi) is 3.95. The molecule has 18 heavy (non-hydrogen) atoms. The molecule has 0 bridgehead atoms. The molecule has 0 aliphatic heterocycles. The summed E-state index contributed by atoms with van der Waals surface area (Å²) in [5.41, 5.74) is 6.37. The summed E-state index contributed by atoms with van der Waals surface area (Å²) in [5, 5.41) is 2.45. The molecule has 0 spiro atoms. The van der Waals surface area contributed by atoms with Gasteiger partial charge in [0.25, 0.3) is 0 Å². The number of rotatable bonds is 5. The summed E-state index contributed by atoms with van der Waals surface area (Å²) in [6, 6.07) is 14.5.